The molecule has 1 aliphatic carbocycles. The summed E-state index contributed by atoms with van der Waals surface area (Å²) in [7, 11) is 1.78. The molecule has 1 heterocycles. The van der Waals surface area contributed by atoms with Crippen LogP contribution in [0.2, 0.25) is 0 Å². The molecular weight excluding hydrogens is 391 g/mol. The van der Waals surface area contributed by atoms with Crippen LogP contribution in [0.25, 0.3) is 0 Å². The molecule has 0 bridgehead atoms. The summed E-state index contributed by atoms with van der Waals surface area (Å²) in [6.45, 7) is 0. The minimum Gasteiger partial charge on any atom is -0.307 e. The summed E-state index contributed by atoms with van der Waals surface area (Å²) in [4.78, 5) is 0. The highest BCUT2D eigenvalue weighted by atomic mass is 79.9. The van der Waals surface area contributed by atoms with Crippen LogP contribution >= 0.6 is 28.1 Å². The maximum atomic E-state index is 12.8. The largest absolute Gasteiger partial charge is 0.391 e. The quantitative estimate of drug-likeness (QED) is 0.731. The monoisotopic (exact) mass is 405 g/mol. The fourth-order valence-electron chi connectivity index (χ4n) is 3.17. The van der Waals surface area contributed by atoms with E-state index in [2.05, 4.69) is 26.1 Å². The number of nitrogens with zero attached hydrogens (tertiary/aromatic N) is 2. The number of aromatic nitrogens is 3. The molecule has 0 amide bonds. The van der Waals surface area contributed by atoms with Crippen molar-refractivity contribution >= 4 is 28.1 Å². The Morgan fingerprint density at radius 3 is 2.61 bits per heavy atom. The molecule has 2 aromatic rings. The predicted molar refractivity (Wildman–Crippen MR) is 86.6 cm³/mol. The van der Waals surface area contributed by atoms with Gasteiger partial charge in [0, 0.05) is 17.4 Å². The first-order chi connectivity index (χ1) is 10.8. The average Bonchev–Trinajstić information content (AvgIpc) is 2.72. The van der Waals surface area contributed by atoms with Gasteiger partial charge < -0.3 is 4.57 Å². The van der Waals surface area contributed by atoms with Crippen LogP contribution in [0, 0.1) is 16.6 Å². The number of benzene rings is 1. The predicted octanol–water partition coefficient (Wildman–Crippen LogP) is 4.96. The number of H-pyrrole nitrogens is 1. The average molecular weight is 406 g/mol. The molecule has 1 atom stereocenters. The third kappa shape index (κ3) is 3.24. The van der Waals surface area contributed by atoms with Gasteiger partial charge in [0.2, 0.25) is 0 Å². The first kappa shape index (κ1) is 16.7. The normalized spacial score (nSPS) is 22.7. The Morgan fingerprint density at radius 2 is 2.09 bits per heavy atom. The van der Waals surface area contributed by atoms with Gasteiger partial charge >= 0.3 is 6.18 Å². The topological polar surface area (TPSA) is 33.6 Å². The first-order valence-corrected chi connectivity index (χ1v) is 8.41. The molecule has 1 aromatic heterocycles. The van der Waals surface area contributed by atoms with Crippen molar-refractivity contribution in [1.82, 2.24) is 14.8 Å². The van der Waals surface area contributed by atoms with Crippen LogP contribution < -0.4 is 0 Å². The Morgan fingerprint density at radius 1 is 1.39 bits per heavy atom. The minimum absolute atomic E-state index is 0.0974. The molecular formula is C15H15BrF3N3S. The van der Waals surface area contributed by atoms with Gasteiger partial charge in [0.1, 0.15) is 5.82 Å². The summed E-state index contributed by atoms with van der Waals surface area (Å²) in [6, 6.07) is 7.63. The zero-order chi connectivity index (χ0) is 16.8. The summed E-state index contributed by atoms with van der Waals surface area (Å²) in [5, 5.41) is 6.99. The van der Waals surface area contributed by atoms with Crippen molar-refractivity contribution in [2.45, 2.75) is 24.9 Å². The van der Waals surface area contributed by atoms with Crippen LogP contribution in [0.5, 0.6) is 0 Å². The van der Waals surface area contributed by atoms with E-state index in [1.165, 1.54) is 0 Å². The molecule has 3 rings (SSSR count). The summed E-state index contributed by atoms with van der Waals surface area (Å²) >= 11 is 8.57. The van der Waals surface area contributed by atoms with Gasteiger partial charge in [-0.15, -0.1) is 0 Å². The molecule has 1 aliphatic rings. The maximum Gasteiger partial charge on any atom is 0.391 e. The Bertz CT molecular complexity index is 762. The third-order valence-electron chi connectivity index (χ3n) is 4.51. The smallest absolute Gasteiger partial charge is 0.307 e. The highest BCUT2D eigenvalue weighted by Crippen LogP contribution is 2.51. The van der Waals surface area contributed by atoms with Crippen LogP contribution in [-0.4, -0.2) is 20.9 Å². The standard InChI is InChI=1S/C15H15BrF3N3S/c1-22-13(20-21-14(22)23)12(8-3-2-4-11(16)7-8)9-5-10(6-9)15(17,18)19/h2-4,7,9-10,12H,5-6H2,1H3,(H,21,23). The molecule has 3 nitrogen and oxygen atoms in total. The highest BCUT2D eigenvalue weighted by molar-refractivity contribution is 9.10. The zero-order valence-electron chi connectivity index (χ0n) is 12.3. The van der Waals surface area contributed by atoms with Crippen LogP contribution in [0.4, 0.5) is 13.2 Å². The van der Waals surface area contributed by atoms with Crippen molar-refractivity contribution in [2.75, 3.05) is 0 Å². The lowest BCUT2D eigenvalue weighted by Crippen LogP contribution is -2.39. The van der Waals surface area contributed by atoms with E-state index in [0.717, 1.165) is 10.0 Å². The summed E-state index contributed by atoms with van der Waals surface area (Å²) < 4.78 is 41.6. The van der Waals surface area contributed by atoms with Crippen LogP contribution in [0.1, 0.15) is 30.1 Å². The lowest BCUT2D eigenvalue weighted by Gasteiger charge is -2.41. The van der Waals surface area contributed by atoms with E-state index in [1.54, 1.807) is 11.6 Å². The molecule has 0 radical (unpaired) electrons. The van der Waals surface area contributed by atoms with Gasteiger partial charge in [-0.2, -0.15) is 18.3 Å². The van der Waals surface area contributed by atoms with E-state index < -0.39 is 12.1 Å². The van der Waals surface area contributed by atoms with E-state index >= 15 is 0 Å². The molecule has 0 spiro atoms. The molecule has 0 aliphatic heterocycles. The second kappa shape index (κ2) is 6.05. The summed E-state index contributed by atoms with van der Waals surface area (Å²) in [6.07, 6.45) is -3.87. The van der Waals surface area contributed by atoms with E-state index in [0.29, 0.717) is 10.6 Å². The maximum absolute atomic E-state index is 12.8. The van der Waals surface area contributed by atoms with E-state index in [1.807, 2.05) is 24.3 Å². The second-order valence-corrected chi connectivity index (χ2v) is 7.25. The number of hydrogen-bond acceptors (Lipinski definition) is 2. The first-order valence-electron chi connectivity index (χ1n) is 7.21. The lowest BCUT2D eigenvalue weighted by atomic mass is 9.66. The lowest BCUT2D eigenvalue weighted by molar-refractivity contribution is -0.205. The van der Waals surface area contributed by atoms with Crippen molar-refractivity contribution in [3.05, 3.63) is 44.9 Å². The number of hydrogen-bond donors (Lipinski definition) is 1. The second-order valence-electron chi connectivity index (χ2n) is 5.95. The zero-order valence-corrected chi connectivity index (χ0v) is 14.7. The van der Waals surface area contributed by atoms with E-state index in [9.17, 15) is 13.2 Å². The van der Waals surface area contributed by atoms with E-state index in [4.69, 9.17) is 12.2 Å². The molecule has 23 heavy (non-hydrogen) atoms. The summed E-state index contributed by atoms with van der Waals surface area (Å²) in [5.74, 6) is -0.836. The van der Waals surface area contributed by atoms with Gasteiger partial charge in [-0.3, -0.25) is 5.10 Å². The molecule has 1 N–H and O–H groups in total. The highest BCUT2D eigenvalue weighted by Gasteiger charge is 2.50. The van der Waals surface area contributed by atoms with Gasteiger partial charge in [-0.25, -0.2) is 0 Å². The molecule has 1 unspecified atom stereocenters. The SMILES string of the molecule is Cn1c(C(c2cccc(Br)c2)C2CC(C(F)(F)F)C2)n[nH]c1=S. The number of rotatable bonds is 3. The Labute approximate surface area is 145 Å². The van der Waals surface area contributed by atoms with Crippen molar-refractivity contribution in [1.29, 1.82) is 0 Å². The van der Waals surface area contributed by atoms with Crippen molar-refractivity contribution in [2.24, 2.45) is 18.9 Å². The molecule has 124 valence electrons. The van der Waals surface area contributed by atoms with Crippen molar-refractivity contribution in [3.8, 4) is 0 Å². The number of aromatic amines is 1. The van der Waals surface area contributed by atoms with E-state index in [-0.39, 0.29) is 24.7 Å². The number of nitrogens with one attached hydrogen (secondary N) is 1. The Balaban J connectivity index is 1.96. The van der Waals surface area contributed by atoms with Gasteiger partial charge in [0.05, 0.1) is 5.92 Å². The van der Waals surface area contributed by atoms with Gasteiger partial charge in [0.15, 0.2) is 4.77 Å². The number of alkyl halides is 3. The van der Waals surface area contributed by atoms with Crippen LogP contribution in [0.15, 0.2) is 28.7 Å². The van der Waals surface area contributed by atoms with Crippen molar-refractivity contribution < 1.29 is 13.2 Å². The molecule has 1 saturated carbocycles. The van der Waals surface area contributed by atoms with Crippen molar-refractivity contribution in [3.63, 3.8) is 0 Å². The Kier molecular flexibility index (Phi) is 4.39. The van der Waals surface area contributed by atoms with Gasteiger partial charge in [-0.05, 0) is 48.7 Å². The fraction of sp³-hybridized carbons (Fsp3) is 0.467. The van der Waals surface area contributed by atoms with Crippen LogP contribution in [-0.2, 0) is 7.05 Å². The molecule has 0 saturated heterocycles. The minimum atomic E-state index is -4.12. The third-order valence-corrected chi connectivity index (χ3v) is 5.37. The van der Waals surface area contributed by atoms with Crippen LogP contribution in [0.3, 0.4) is 0 Å². The molecule has 8 heteroatoms. The summed E-state index contributed by atoms with van der Waals surface area (Å²) in [5.41, 5.74) is 0.946. The number of halogens is 4. The fourth-order valence-corrected chi connectivity index (χ4v) is 3.73. The molecule has 1 fully saturated rings. The molecule has 1 aromatic carbocycles. The Hall–Kier alpha value is -1.15. The van der Waals surface area contributed by atoms with Gasteiger partial charge in [-0.1, -0.05) is 28.1 Å². The van der Waals surface area contributed by atoms with Gasteiger partial charge in [0.25, 0.3) is 0 Å².